The van der Waals surface area contributed by atoms with Crippen LogP contribution < -0.4 is 22.3 Å². The van der Waals surface area contributed by atoms with E-state index in [9.17, 15) is 9.59 Å². The van der Waals surface area contributed by atoms with Crippen LogP contribution in [-0.4, -0.2) is 16.1 Å². The van der Waals surface area contributed by atoms with Crippen molar-refractivity contribution in [3.05, 3.63) is 33.0 Å². The number of H-pyrrole nitrogens is 1. The molecular weight excluding hydrogens is 232 g/mol. The number of aromatic amines is 1. The van der Waals surface area contributed by atoms with Crippen molar-refractivity contribution >= 4 is 11.5 Å². The van der Waals surface area contributed by atoms with E-state index in [2.05, 4.69) is 16.9 Å². The maximum atomic E-state index is 11.7. The SMILES string of the molecule is C=C(C)CNc1c(N)n(CC(C)C)c(=O)[nH]c1=O. The van der Waals surface area contributed by atoms with E-state index in [1.54, 1.807) is 0 Å². The van der Waals surface area contributed by atoms with Crippen molar-refractivity contribution in [1.29, 1.82) is 0 Å². The fourth-order valence-corrected chi connectivity index (χ4v) is 1.54. The number of nitrogens with one attached hydrogen (secondary N) is 2. The minimum atomic E-state index is -0.501. The largest absolute Gasteiger partial charge is 0.383 e. The molecule has 1 heterocycles. The number of nitrogen functional groups attached to an aromatic ring is 1. The molecular formula is C12H20N4O2. The van der Waals surface area contributed by atoms with Crippen molar-refractivity contribution in [2.75, 3.05) is 17.6 Å². The van der Waals surface area contributed by atoms with Gasteiger partial charge in [-0.3, -0.25) is 14.3 Å². The van der Waals surface area contributed by atoms with Gasteiger partial charge in [-0.2, -0.15) is 0 Å². The summed E-state index contributed by atoms with van der Waals surface area (Å²) in [6.07, 6.45) is 0. The molecule has 0 amide bonds. The molecule has 1 aromatic heterocycles. The Kier molecular flexibility index (Phi) is 4.36. The van der Waals surface area contributed by atoms with Crippen LogP contribution in [0.1, 0.15) is 20.8 Å². The topological polar surface area (TPSA) is 92.9 Å². The van der Waals surface area contributed by atoms with Gasteiger partial charge in [0.1, 0.15) is 11.5 Å². The van der Waals surface area contributed by atoms with Gasteiger partial charge in [-0.25, -0.2) is 4.79 Å². The average molecular weight is 252 g/mol. The third-order valence-electron chi connectivity index (χ3n) is 2.35. The highest BCUT2D eigenvalue weighted by molar-refractivity contribution is 5.60. The average Bonchev–Trinajstić information content (AvgIpc) is 2.23. The van der Waals surface area contributed by atoms with Crippen LogP contribution in [0.25, 0.3) is 0 Å². The summed E-state index contributed by atoms with van der Waals surface area (Å²) in [7, 11) is 0. The molecule has 18 heavy (non-hydrogen) atoms. The summed E-state index contributed by atoms with van der Waals surface area (Å²) in [5.41, 5.74) is 5.98. The van der Waals surface area contributed by atoms with Gasteiger partial charge in [0.2, 0.25) is 0 Å². The Morgan fingerprint density at radius 3 is 2.61 bits per heavy atom. The highest BCUT2D eigenvalue weighted by Gasteiger charge is 2.12. The van der Waals surface area contributed by atoms with Crippen molar-refractivity contribution < 1.29 is 0 Å². The zero-order valence-corrected chi connectivity index (χ0v) is 11.0. The molecule has 4 N–H and O–H groups in total. The third kappa shape index (κ3) is 3.26. The minimum Gasteiger partial charge on any atom is -0.383 e. The van der Waals surface area contributed by atoms with E-state index < -0.39 is 11.2 Å². The van der Waals surface area contributed by atoms with E-state index >= 15 is 0 Å². The van der Waals surface area contributed by atoms with E-state index in [1.807, 2.05) is 20.8 Å². The Balaban J connectivity index is 3.22. The maximum absolute atomic E-state index is 11.7. The van der Waals surface area contributed by atoms with Gasteiger partial charge in [-0.15, -0.1) is 0 Å². The highest BCUT2D eigenvalue weighted by Crippen LogP contribution is 2.12. The third-order valence-corrected chi connectivity index (χ3v) is 2.35. The Labute approximate surface area is 106 Å². The molecule has 0 spiro atoms. The van der Waals surface area contributed by atoms with Crippen molar-refractivity contribution in [1.82, 2.24) is 9.55 Å². The predicted octanol–water partition coefficient (Wildman–Crippen LogP) is 0.763. The fourth-order valence-electron chi connectivity index (χ4n) is 1.54. The lowest BCUT2D eigenvalue weighted by molar-refractivity contribution is 0.508. The molecule has 0 radical (unpaired) electrons. The van der Waals surface area contributed by atoms with Crippen LogP contribution in [0.2, 0.25) is 0 Å². The molecule has 1 aromatic rings. The lowest BCUT2D eigenvalue weighted by Gasteiger charge is -2.15. The predicted molar refractivity (Wildman–Crippen MR) is 73.9 cm³/mol. The monoisotopic (exact) mass is 252 g/mol. The summed E-state index contributed by atoms with van der Waals surface area (Å²) in [6.45, 7) is 10.4. The van der Waals surface area contributed by atoms with Crippen molar-refractivity contribution in [3.63, 3.8) is 0 Å². The smallest absolute Gasteiger partial charge is 0.330 e. The summed E-state index contributed by atoms with van der Waals surface area (Å²) >= 11 is 0. The van der Waals surface area contributed by atoms with Gasteiger partial charge in [0.25, 0.3) is 5.56 Å². The summed E-state index contributed by atoms with van der Waals surface area (Å²) in [5, 5.41) is 2.89. The number of anilines is 2. The van der Waals surface area contributed by atoms with Gasteiger partial charge in [-0.1, -0.05) is 26.0 Å². The Morgan fingerprint density at radius 2 is 2.11 bits per heavy atom. The summed E-state index contributed by atoms with van der Waals surface area (Å²) in [4.78, 5) is 25.6. The number of hydrogen-bond acceptors (Lipinski definition) is 4. The second-order valence-corrected chi connectivity index (χ2v) is 4.83. The van der Waals surface area contributed by atoms with Crippen molar-refractivity contribution in [2.45, 2.75) is 27.3 Å². The number of nitrogens with two attached hydrogens (primary N) is 1. The number of hydrogen-bond donors (Lipinski definition) is 3. The van der Waals surface area contributed by atoms with Crippen molar-refractivity contribution in [3.8, 4) is 0 Å². The molecule has 6 nitrogen and oxygen atoms in total. The van der Waals surface area contributed by atoms with Gasteiger partial charge >= 0.3 is 5.69 Å². The number of rotatable bonds is 5. The van der Waals surface area contributed by atoms with E-state index in [0.29, 0.717) is 13.1 Å². The zero-order valence-electron chi connectivity index (χ0n) is 11.0. The first-order valence-electron chi connectivity index (χ1n) is 5.83. The van der Waals surface area contributed by atoms with Crippen LogP contribution in [0.4, 0.5) is 11.5 Å². The first kappa shape index (κ1) is 14.1. The maximum Gasteiger partial charge on any atom is 0.330 e. The van der Waals surface area contributed by atoms with Gasteiger partial charge < -0.3 is 11.1 Å². The molecule has 6 heteroatoms. The second-order valence-electron chi connectivity index (χ2n) is 4.83. The molecule has 1 rings (SSSR count). The van der Waals surface area contributed by atoms with Crippen LogP contribution in [0.5, 0.6) is 0 Å². The first-order chi connectivity index (χ1) is 8.32. The molecule has 100 valence electrons. The van der Waals surface area contributed by atoms with E-state index in [-0.39, 0.29) is 17.4 Å². The molecule has 0 aliphatic rings. The van der Waals surface area contributed by atoms with Crippen LogP contribution >= 0.6 is 0 Å². The second kappa shape index (κ2) is 5.57. The van der Waals surface area contributed by atoms with Crippen LogP contribution in [-0.2, 0) is 6.54 Å². The molecule has 0 unspecified atom stereocenters. The molecule has 0 bridgehead atoms. The standard InChI is InChI=1S/C12H20N4O2/c1-7(2)5-14-9-10(13)16(6-8(3)4)12(18)15-11(9)17/h8,14H,1,5-6,13H2,2-4H3,(H,15,17,18). The zero-order chi connectivity index (χ0) is 13.9. The molecule has 0 saturated heterocycles. The van der Waals surface area contributed by atoms with Crippen LogP contribution in [0.3, 0.4) is 0 Å². The van der Waals surface area contributed by atoms with Gasteiger partial charge in [-0.05, 0) is 12.8 Å². The quantitative estimate of drug-likeness (QED) is 0.675. The molecule has 0 atom stereocenters. The Hall–Kier alpha value is -1.98. The molecule has 0 fully saturated rings. The van der Waals surface area contributed by atoms with Crippen LogP contribution in [0.15, 0.2) is 21.7 Å². The minimum absolute atomic E-state index is 0.165. The van der Waals surface area contributed by atoms with Gasteiger partial charge in [0.05, 0.1) is 0 Å². The number of nitrogens with zero attached hydrogens (tertiary/aromatic N) is 1. The first-order valence-corrected chi connectivity index (χ1v) is 5.83. The molecule has 0 aromatic carbocycles. The van der Waals surface area contributed by atoms with E-state index in [4.69, 9.17) is 5.73 Å². The summed E-state index contributed by atoms with van der Waals surface area (Å²) < 4.78 is 1.37. The Bertz CT molecular complexity index is 554. The fraction of sp³-hybridized carbons (Fsp3) is 0.500. The molecule has 0 saturated carbocycles. The van der Waals surface area contributed by atoms with Gasteiger partial charge in [0, 0.05) is 13.1 Å². The lowest BCUT2D eigenvalue weighted by atomic mass is 10.2. The van der Waals surface area contributed by atoms with E-state index in [0.717, 1.165) is 5.57 Å². The summed E-state index contributed by atoms with van der Waals surface area (Å²) in [5.74, 6) is 0.420. The normalized spacial score (nSPS) is 10.7. The molecule has 0 aliphatic heterocycles. The highest BCUT2D eigenvalue weighted by atomic mass is 16.2. The van der Waals surface area contributed by atoms with Crippen LogP contribution in [0, 0.1) is 5.92 Å². The van der Waals surface area contributed by atoms with E-state index in [1.165, 1.54) is 4.57 Å². The lowest BCUT2D eigenvalue weighted by Crippen LogP contribution is -2.35. The summed E-state index contributed by atoms with van der Waals surface area (Å²) in [6, 6.07) is 0. The van der Waals surface area contributed by atoms with Gasteiger partial charge in [0.15, 0.2) is 0 Å². The molecule has 0 aliphatic carbocycles. The van der Waals surface area contributed by atoms with Crippen molar-refractivity contribution in [2.24, 2.45) is 5.92 Å². The Morgan fingerprint density at radius 1 is 1.50 bits per heavy atom. The number of aromatic nitrogens is 2.